The molecule has 1 N–H and O–H groups in total. The SMILES string of the molecule is c1nc2ccc(CN3CCOCC3)cc2[nH]1. The lowest BCUT2D eigenvalue weighted by molar-refractivity contribution is 0.0342. The van der Waals surface area contributed by atoms with Gasteiger partial charge in [0, 0.05) is 19.6 Å². The highest BCUT2D eigenvalue weighted by molar-refractivity contribution is 5.74. The summed E-state index contributed by atoms with van der Waals surface area (Å²) >= 11 is 0. The lowest BCUT2D eigenvalue weighted by atomic mass is 10.2. The Morgan fingerprint density at radius 2 is 2.19 bits per heavy atom. The van der Waals surface area contributed by atoms with Gasteiger partial charge in [-0.05, 0) is 17.7 Å². The number of morpholine rings is 1. The van der Waals surface area contributed by atoms with E-state index in [-0.39, 0.29) is 0 Å². The predicted molar refractivity (Wildman–Crippen MR) is 62.2 cm³/mol. The van der Waals surface area contributed by atoms with E-state index in [9.17, 15) is 0 Å². The molecule has 0 spiro atoms. The van der Waals surface area contributed by atoms with Gasteiger partial charge in [0.1, 0.15) is 0 Å². The molecule has 1 aliphatic rings. The van der Waals surface area contributed by atoms with Crippen molar-refractivity contribution < 1.29 is 4.74 Å². The average molecular weight is 217 g/mol. The largest absolute Gasteiger partial charge is 0.379 e. The highest BCUT2D eigenvalue weighted by Gasteiger charge is 2.10. The molecule has 4 heteroatoms. The van der Waals surface area contributed by atoms with E-state index in [2.05, 4.69) is 33.1 Å². The summed E-state index contributed by atoms with van der Waals surface area (Å²) in [5, 5.41) is 0. The molecule has 0 saturated carbocycles. The molecule has 2 aromatic rings. The number of hydrogen-bond donors (Lipinski definition) is 1. The van der Waals surface area contributed by atoms with E-state index in [1.807, 2.05) is 0 Å². The third-order valence-electron chi connectivity index (χ3n) is 2.99. The van der Waals surface area contributed by atoms with Gasteiger partial charge in [-0.2, -0.15) is 0 Å². The maximum absolute atomic E-state index is 5.34. The summed E-state index contributed by atoms with van der Waals surface area (Å²) in [4.78, 5) is 9.78. The van der Waals surface area contributed by atoms with Crippen LogP contribution in [0.1, 0.15) is 5.56 Å². The fourth-order valence-electron chi connectivity index (χ4n) is 2.10. The predicted octanol–water partition coefficient (Wildman–Crippen LogP) is 1.40. The van der Waals surface area contributed by atoms with Gasteiger partial charge in [0.15, 0.2) is 0 Å². The molecule has 1 saturated heterocycles. The van der Waals surface area contributed by atoms with Gasteiger partial charge in [-0.3, -0.25) is 4.90 Å². The molecule has 84 valence electrons. The molecule has 0 aliphatic carbocycles. The van der Waals surface area contributed by atoms with Crippen LogP contribution in [0.25, 0.3) is 11.0 Å². The van der Waals surface area contributed by atoms with E-state index in [1.54, 1.807) is 6.33 Å². The highest BCUT2D eigenvalue weighted by Crippen LogP contribution is 2.13. The molecule has 3 rings (SSSR count). The standard InChI is InChI=1S/C12H15N3O/c1-2-11-12(14-9-13-11)7-10(1)8-15-3-5-16-6-4-15/h1-2,7,9H,3-6,8H2,(H,13,14). The van der Waals surface area contributed by atoms with E-state index >= 15 is 0 Å². The second-order valence-electron chi connectivity index (χ2n) is 4.14. The van der Waals surface area contributed by atoms with Crippen LogP contribution in [0.3, 0.4) is 0 Å². The first-order valence-electron chi connectivity index (χ1n) is 5.64. The Bertz CT molecular complexity index is 474. The zero-order valence-electron chi connectivity index (χ0n) is 9.15. The van der Waals surface area contributed by atoms with Crippen LogP contribution in [0.5, 0.6) is 0 Å². The van der Waals surface area contributed by atoms with Crippen molar-refractivity contribution >= 4 is 11.0 Å². The number of aromatic amines is 1. The second kappa shape index (κ2) is 4.23. The van der Waals surface area contributed by atoms with Crippen LogP contribution >= 0.6 is 0 Å². The Hall–Kier alpha value is -1.39. The van der Waals surface area contributed by atoms with Crippen molar-refractivity contribution in [2.24, 2.45) is 0 Å². The molecule has 0 atom stereocenters. The summed E-state index contributed by atoms with van der Waals surface area (Å²) in [6.07, 6.45) is 1.74. The lowest BCUT2D eigenvalue weighted by Gasteiger charge is -2.26. The van der Waals surface area contributed by atoms with Crippen molar-refractivity contribution in [2.45, 2.75) is 6.54 Å². The van der Waals surface area contributed by atoms with Gasteiger partial charge in [0.25, 0.3) is 0 Å². The van der Waals surface area contributed by atoms with Gasteiger partial charge in [0.2, 0.25) is 0 Å². The van der Waals surface area contributed by atoms with Crippen molar-refractivity contribution in [1.29, 1.82) is 0 Å². The van der Waals surface area contributed by atoms with Gasteiger partial charge in [-0.1, -0.05) is 6.07 Å². The van der Waals surface area contributed by atoms with Crippen molar-refractivity contribution in [2.75, 3.05) is 26.3 Å². The zero-order valence-corrected chi connectivity index (χ0v) is 9.15. The normalized spacial score (nSPS) is 18.0. The third kappa shape index (κ3) is 1.94. The summed E-state index contributed by atoms with van der Waals surface area (Å²) in [6.45, 7) is 4.76. The number of benzene rings is 1. The monoisotopic (exact) mass is 217 g/mol. The number of aromatic nitrogens is 2. The number of fused-ring (bicyclic) bond motifs is 1. The molecule has 1 aliphatic heterocycles. The Morgan fingerprint density at radius 1 is 1.31 bits per heavy atom. The van der Waals surface area contributed by atoms with Crippen molar-refractivity contribution in [3.63, 3.8) is 0 Å². The van der Waals surface area contributed by atoms with Crippen molar-refractivity contribution in [3.8, 4) is 0 Å². The summed E-state index contributed by atoms with van der Waals surface area (Å²) < 4.78 is 5.34. The molecule has 0 unspecified atom stereocenters. The van der Waals surface area contributed by atoms with Gasteiger partial charge >= 0.3 is 0 Å². The van der Waals surface area contributed by atoms with Crippen molar-refractivity contribution in [1.82, 2.24) is 14.9 Å². The van der Waals surface area contributed by atoms with Crippen LogP contribution in [-0.4, -0.2) is 41.2 Å². The average Bonchev–Trinajstić information content (AvgIpc) is 2.77. The maximum Gasteiger partial charge on any atom is 0.0931 e. The first-order chi connectivity index (χ1) is 7.92. The van der Waals surface area contributed by atoms with E-state index in [4.69, 9.17) is 4.74 Å². The highest BCUT2D eigenvalue weighted by atomic mass is 16.5. The van der Waals surface area contributed by atoms with Gasteiger partial charge < -0.3 is 9.72 Å². The van der Waals surface area contributed by atoms with E-state index < -0.39 is 0 Å². The van der Waals surface area contributed by atoms with Gasteiger partial charge in [0.05, 0.1) is 30.6 Å². The number of ether oxygens (including phenoxy) is 1. The van der Waals surface area contributed by atoms with Crippen LogP contribution in [0.2, 0.25) is 0 Å². The van der Waals surface area contributed by atoms with E-state index in [1.165, 1.54) is 5.56 Å². The molecule has 1 aromatic heterocycles. The zero-order chi connectivity index (χ0) is 10.8. The Kier molecular flexibility index (Phi) is 2.60. The number of rotatable bonds is 2. The summed E-state index contributed by atoms with van der Waals surface area (Å²) in [5.74, 6) is 0. The molecule has 0 bridgehead atoms. The minimum absolute atomic E-state index is 0.853. The molecule has 0 radical (unpaired) electrons. The van der Waals surface area contributed by atoms with Crippen LogP contribution in [-0.2, 0) is 11.3 Å². The molecular weight excluding hydrogens is 202 g/mol. The number of nitrogens with zero attached hydrogens (tertiary/aromatic N) is 2. The topological polar surface area (TPSA) is 41.2 Å². The van der Waals surface area contributed by atoms with Gasteiger partial charge in [-0.15, -0.1) is 0 Å². The Morgan fingerprint density at radius 3 is 3.06 bits per heavy atom. The molecule has 4 nitrogen and oxygen atoms in total. The van der Waals surface area contributed by atoms with Crippen LogP contribution in [0.4, 0.5) is 0 Å². The summed E-state index contributed by atoms with van der Waals surface area (Å²) in [5.41, 5.74) is 3.48. The van der Waals surface area contributed by atoms with Gasteiger partial charge in [-0.25, -0.2) is 4.98 Å². The summed E-state index contributed by atoms with van der Waals surface area (Å²) in [7, 11) is 0. The fourth-order valence-corrected chi connectivity index (χ4v) is 2.10. The van der Waals surface area contributed by atoms with E-state index in [0.717, 1.165) is 43.9 Å². The maximum atomic E-state index is 5.34. The quantitative estimate of drug-likeness (QED) is 0.826. The molecule has 2 heterocycles. The van der Waals surface area contributed by atoms with Crippen LogP contribution in [0, 0.1) is 0 Å². The van der Waals surface area contributed by atoms with Crippen molar-refractivity contribution in [3.05, 3.63) is 30.1 Å². The van der Waals surface area contributed by atoms with Crippen LogP contribution < -0.4 is 0 Å². The Balaban J connectivity index is 1.77. The first-order valence-corrected chi connectivity index (χ1v) is 5.64. The molecule has 1 aromatic carbocycles. The second-order valence-corrected chi connectivity index (χ2v) is 4.14. The molecular formula is C12H15N3O. The minimum Gasteiger partial charge on any atom is -0.379 e. The number of H-pyrrole nitrogens is 1. The summed E-state index contributed by atoms with van der Waals surface area (Å²) in [6, 6.07) is 6.40. The van der Waals surface area contributed by atoms with Crippen LogP contribution in [0.15, 0.2) is 24.5 Å². The number of hydrogen-bond acceptors (Lipinski definition) is 3. The Labute approximate surface area is 94.2 Å². The first kappa shape index (κ1) is 9.81. The van der Waals surface area contributed by atoms with E-state index in [0.29, 0.717) is 0 Å². The number of nitrogens with one attached hydrogen (secondary N) is 1. The minimum atomic E-state index is 0.853. The molecule has 1 fully saturated rings. The molecule has 16 heavy (non-hydrogen) atoms. The third-order valence-corrected chi connectivity index (χ3v) is 2.99. The molecule has 0 amide bonds. The fraction of sp³-hybridized carbons (Fsp3) is 0.417. The lowest BCUT2D eigenvalue weighted by Crippen LogP contribution is -2.35. The number of imidazole rings is 1. The smallest absolute Gasteiger partial charge is 0.0931 e.